The summed E-state index contributed by atoms with van der Waals surface area (Å²) in [5, 5.41) is 2.77. The number of hydrogen-bond acceptors (Lipinski definition) is 6. The van der Waals surface area contributed by atoms with Gasteiger partial charge in [-0.25, -0.2) is 8.42 Å². The van der Waals surface area contributed by atoms with Gasteiger partial charge in [0.05, 0.1) is 17.1 Å². The van der Waals surface area contributed by atoms with Crippen LogP contribution in [0.5, 0.6) is 17.2 Å². The lowest BCUT2D eigenvalue weighted by atomic mass is 10.2. The number of nitrogens with zero attached hydrogens (tertiary/aromatic N) is 1. The molecule has 0 spiro atoms. The van der Waals surface area contributed by atoms with E-state index in [1.165, 1.54) is 11.4 Å². The molecular formula is C25H26N2O6S. The lowest BCUT2D eigenvalue weighted by Crippen LogP contribution is -2.42. The monoisotopic (exact) mass is 482 g/mol. The van der Waals surface area contributed by atoms with Crippen LogP contribution in [-0.4, -0.2) is 47.2 Å². The number of ether oxygens (including phenoxy) is 3. The fourth-order valence-electron chi connectivity index (χ4n) is 3.35. The van der Waals surface area contributed by atoms with Gasteiger partial charge in [-0.2, -0.15) is 0 Å². The van der Waals surface area contributed by atoms with E-state index in [4.69, 9.17) is 14.2 Å². The zero-order valence-electron chi connectivity index (χ0n) is 18.9. The highest BCUT2D eigenvalue weighted by molar-refractivity contribution is 7.92. The highest BCUT2D eigenvalue weighted by Gasteiger charge is 2.22. The maximum atomic E-state index is 12.8. The summed E-state index contributed by atoms with van der Waals surface area (Å²) < 4.78 is 43.9. The molecule has 1 aliphatic heterocycles. The number of sulfonamides is 1. The number of nitrogens with one attached hydrogen (secondary N) is 1. The number of fused-ring (bicyclic) bond motifs is 1. The minimum atomic E-state index is -3.68. The van der Waals surface area contributed by atoms with Gasteiger partial charge in [0.25, 0.3) is 15.9 Å². The SMILES string of the molecule is Cc1ccc(S(=O)(=O)N(C)c2ccc(OCC(=O)NCC3COc4ccccc4O3)cc2)cc1. The molecule has 1 N–H and O–H groups in total. The number of rotatable bonds is 8. The molecule has 4 rings (SSSR count). The smallest absolute Gasteiger partial charge is 0.264 e. The average Bonchev–Trinajstić information content (AvgIpc) is 2.86. The summed E-state index contributed by atoms with van der Waals surface area (Å²) in [6.07, 6.45) is -0.288. The lowest BCUT2D eigenvalue weighted by Gasteiger charge is -2.26. The van der Waals surface area contributed by atoms with Gasteiger partial charge < -0.3 is 19.5 Å². The van der Waals surface area contributed by atoms with E-state index in [0.29, 0.717) is 29.5 Å². The van der Waals surface area contributed by atoms with Crippen LogP contribution in [0.25, 0.3) is 0 Å². The number of benzene rings is 3. The van der Waals surface area contributed by atoms with Crippen LogP contribution in [0.2, 0.25) is 0 Å². The predicted octanol–water partition coefficient (Wildman–Crippen LogP) is 3.16. The van der Waals surface area contributed by atoms with E-state index in [1.54, 1.807) is 48.5 Å². The first kappa shape index (κ1) is 23.4. The fourth-order valence-corrected chi connectivity index (χ4v) is 4.55. The number of amides is 1. The molecule has 3 aromatic rings. The van der Waals surface area contributed by atoms with Crippen LogP contribution in [-0.2, 0) is 14.8 Å². The van der Waals surface area contributed by atoms with Gasteiger partial charge in [-0.15, -0.1) is 0 Å². The Balaban J connectivity index is 1.26. The second-order valence-corrected chi connectivity index (χ2v) is 9.84. The van der Waals surface area contributed by atoms with E-state index in [2.05, 4.69) is 5.32 Å². The number of hydrogen-bond donors (Lipinski definition) is 1. The molecule has 3 aromatic carbocycles. The van der Waals surface area contributed by atoms with E-state index in [9.17, 15) is 13.2 Å². The first-order valence-electron chi connectivity index (χ1n) is 10.8. The first-order chi connectivity index (χ1) is 16.3. The van der Waals surface area contributed by atoms with Crippen LogP contribution >= 0.6 is 0 Å². The maximum absolute atomic E-state index is 12.8. The molecule has 1 heterocycles. The van der Waals surface area contributed by atoms with Gasteiger partial charge in [-0.3, -0.25) is 9.10 Å². The van der Waals surface area contributed by atoms with E-state index in [0.717, 1.165) is 5.56 Å². The van der Waals surface area contributed by atoms with Crippen LogP contribution in [0.15, 0.2) is 77.7 Å². The molecule has 34 heavy (non-hydrogen) atoms. The molecule has 0 radical (unpaired) electrons. The Hall–Kier alpha value is -3.72. The van der Waals surface area contributed by atoms with Crippen molar-refractivity contribution in [1.29, 1.82) is 0 Å². The second kappa shape index (κ2) is 10.0. The third kappa shape index (κ3) is 5.43. The van der Waals surface area contributed by atoms with E-state index < -0.39 is 10.0 Å². The standard InChI is InChI=1S/C25H26N2O6S/c1-18-7-13-22(14-8-18)34(29,30)27(2)19-9-11-20(12-10-19)31-17-25(28)26-15-21-16-32-23-5-3-4-6-24(23)33-21/h3-14,21H,15-17H2,1-2H3,(H,26,28). The quantitative estimate of drug-likeness (QED) is 0.530. The van der Waals surface area contributed by atoms with Crippen LogP contribution in [0.1, 0.15) is 5.56 Å². The first-order valence-corrected chi connectivity index (χ1v) is 12.2. The number of carbonyl (C=O) groups excluding carboxylic acids is 1. The van der Waals surface area contributed by atoms with Crippen LogP contribution < -0.4 is 23.8 Å². The Kier molecular flexibility index (Phi) is 6.93. The summed E-state index contributed by atoms with van der Waals surface area (Å²) in [6.45, 7) is 2.35. The van der Waals surface area contributed by atoms with Gasteiger partial charge >= 0.3 is 0 Å². The lowest BCUT2D eigenvalue weighted by molar-refractivity contribution is -0.123. The minimum Gasteiger partial charge on any atom is -0.486 e. The van der Waals surface area contributed by atoms with E-state index >= 15 is 0 Å². The summed E-state index contributed by atoms with van der Waals surface area (Å²) >= 11 is 0. The van der Waals surface area contributed by atoms with Crippen molar-refractivity contribution in [1.82, 2.24) is 5.32 Å². The van der Waals surface area contributed by atoms with Crippen molar-refractivity contribution >= 4 is 21.6 Å². The molecule has 0 aromatic heterocycles. The number of carbonyl (C=O) groups is 1. The van der Waals surface area contributed by atoms with Gasteiger partial charge in [0.15, 0.2) is 18.1 Å². The van der Waals surface area contributed by atoms with Crippen LogP contribution in [0.3, 0.4) is 0 Å². The van der Waals surface area contributed by atoms with Crippen LogP contribution in [0, 0.1) is 6.92 Å². The summed E-state index contributed by atoms with van der Waals surface area (Å²) in [5.41, 5.74) is 1.46. The molecule has 8 nitrogen and oxygen atoms in total. The summed E-state index contributed by atoms with van der Waals surface area (Å²) in [6, 6.07) is 20.6. The molecular weight excluding hydrogens is 456 g/mol. The van der Waals surface area contributed by atoms with Crippen molar-refractivity contribution in [3.63, 3.8) is 0 Å². The molecule has 1 aliphatic rings. The molecule has 178 valence electrons. The van der Waals surface area contributed by atoms with Gasteiger partial charge in [0.1, 0.15) is 18.5 Å². The Morgan fingerprint density at radius 1 is 1.03 bits per heavy atom. The topological polar surface area (TPSA) is 94.2 Å². The molecule has 1 amide bonds. The number of anilines is 1. The maximum Gasteiger partial charge on any atom is 0.264 e. The van der Waals surface area contributed by atoms with Crippen molar-refractivity contribution in [2.45, 2.75) is 17.9 Å². The average molecular weight is 483 g/mol. The highest BCUT2D eigenvalue weighted by atomic mass is 32.2. The van der Waals surface area contributed by atoms with Crippen molar-refractivity contribution in [2.75, 3.05) is 31.1 Å². The largest absolute Gasteiger partial charge is 0.486 e. The van der Waals surface area contributed by atoms with Gasteiger partial charge in [0, 0.05) is 7.05 Å². The van der Waals surface area contributed by atoms with Crippen molar-refractivity contribution in [2.24, 2.45) is 0 Å². The molecule has 0 saturated carbocycles. The third-order valence-corrected chi connectivity index (χ3v) is 7.14. The molecule has 1 atom stereocenters. The molecule has 0 bridgehead atoms. The molecule has 1 unspecified atom stereocenters. The Bertz CT molecular complexity index is 1240. The second-order valence-electron chi connectivity index (χ2n) is 7.87. The Morgan fingerprint density at radius 3 is 2.41 bits per heavy atom. The summed E-state index contributed by atoms with van der Waals surface area (Å²) in [5.74, 6) is 1.49. The zero-order chi connectivity index (χ0) is 24.1. The molecule has 0 fully saturated rings. The van der Waals surface area contributed by atoms with Crippen molar-refractivity contribution in [3.8, 4) is 17.2 Å². The highest BCUT2D eigenvalue weighted by Crippen LogP contribution is 2.30. The fraction of sp³-hybridized carbons (Fsp3) is 0.240. The van der Waals surface area contributed by atoms with Gasteiger partial charge in [-0.05, 0) is 55.5 Å². The summed E-state index contributed by atoms with van der Waals surface area (Å²) in [7, 11) is -2.18. The van der Waals surface area contributed by atoms with Gasteiger partial charge in [0.2, 0.25) is 0 Å². The van der Waals surface area contributed by atoms with E-state index in [1.807, 2.05) is 31.2 Å². The Morgan fingerprint density at radius 2 is 1.71 bits per heavy atom. The van der Waals surface area contributed by atoms with Crippen molar-refractivity contribution in [3.05, 3.63) is 78.4 Å². The molecule has 9 heteroatoms. The van der Waals surface area contributed by atoms with Crippen molar-refractivity contribution < 1.29 is 27.4 Å². The normalized spacial score (nSPS) is 14.8. The third-order valence-electron chi connectivity index (χ3n) is 5.34. The number of para-hydroxylation sites is 2. The Labute approximate surface area is 199 Å². The van der Waals surface area contributed by atoms with Crippen LogP contribution in [0.4, 0.5) is 5.69 Å². The van der Waals surface area contributed by atoms with E-state index in [-0.39, 0.29) is 30.1 Å². The molecule has 0 saturated heterocycles. The van der Waals surface area contributed by atoms with Gasteiger partial charge in [-0.1, -0.05) is 29.8 Å². The minimum absolute atomic E-state index is 0.180. The summed E-state index contributed by atoms with van der Waals surface area (Å²) in [4.78, 5) is 12.4. The molecule has 0 aliphatic carbocycles. The number of aryl methyl sites for hydroxylation is 1. The predicted molar refractivity (Wildman–Crippen MR) is 128 cm³/mol. The zero-order valence-corrected chi connectivity index (χ0v) is 19.7.